The van der Waals surface area contributed by atoms with Crippen LogP contribution in [0.2, 0.25) is 5.02 Å². The number of aryl methyl sites for hydroxylation is 1. The van der Waals surface area contributed by atoms with Gasteiger partial charge < -0.3 is 10.6 Å². The number of hydrogen-bond acceptors (Lipinski definition) is 2. The normalized spacial score (nSPS) is 10.3. The molecule has 0 fully saturated rings. The fourth-order valence-corrected chi connectivity index (χ4v) is 2.53. The van der Waals surface area contributed by atoms with Crippen molar-refractivity contribution in [3.8, 4) is 0 Å². The fraction of sp³-hybridized carbons (Fsp3) is 0.188. The van der Waals surface area contributed by atoms with Crippen LogP contribution in [0.1, 0.15) is 18.1 Å². The van der Waals surface area contributed by atoms with Gasteiger partial charge in [0, 0.05) is 34.3 Å². The minimum atomic E-state index is -0.0784. The zero-order valence-corrected chi connectivity index (χ0v) is 14.2. The molecule has 0 heterocycles. The van der Waals surface area contributed by atoms with Gasteiger partial charge in [0.25, 0.3) is 0 Å². The summed E-state index contributed by atoms with van der Waals surface area (Å²) in [5.41, 5.74) is 3.78. The van der Waals surface area contributed by atoms with Crippen LogP contribution in [0.5, 0.6) is 0 Å². The Bertz CT molecular complexity index is 673. The van der Waals surface area contributed by atoms with E-state index in [-0.39, 0.29) is 5.91 Å². The number of nitrogens with one attached hydrogen (secondary N) is 2. The molecule has 0 saturated carbocycles. The largest absolute Gasteiger partial charge is 0.381 e. The summed E-state index contributed by atoms with van der Waals surface area (Å²) in [6.45, 7) is 4.07. The molecule has 3 nitrogen and oxygen atoms in total. The molecule has 0 aliphatic rings. The van der Waals surface area contributed by atoms with Gasteiger partial charge in [0.1, 0.15) is 0 Å². The van der Waals surface area contributed by atoms with E-state index in [1.54, 1.807) is 0 Å². The predicted octanol–water partition coefficient (Wildman–Crippen LogP) is 4.98. The zero-order chi connectivity index (χ0) is 15.4. The van der Waals surface area contributed by atoms with Crippen molar-refractivity contribution in [1.82, 2.24) is 0 Å². The van der Waals surface area contributed by atoms with Crippen LogP contribution in [-0.4, -0.2) is 5.91 Å². The average molecular weight is 368 g/mol. The van der Waals surface area contributed by atoms with Crippen molar-refractivity contribution in [3.63, 3.8) is 0 Å². The number of halogens is 2. The first-order valence-electron chi connectivity index (χ1n) is 6.52. The minimum Gasteiger partial charge on any atom is -0.381 e. The second kappa shape index (κ2) is 6.96. The van der Waals surface area contributed by atoms with Gasteiger partial charge in [-0.1, -0.05) is 33.6 Å². The molecular formula is C16H16BrClN2O. The molecule has 21 heavy (non-hydrogen) atoms. The van der Waals surface area contributed by atoms with Crippen molar-refractivity contribution < 1.29 is 4.79 Å². The molecular weight excluding hydrogens is 352 g/mol. The molecule has 2 aromatic carbocycles. The van der Waals surface area contributed by atoms with Crippen LogP contribution in [0, 0.1) is 6.92 Å². The second-order valence-electron chi connectivity index (χ2n) is 4.80. The molecule has 0 aliphatic heterocycles. The Balaban J connectivity index is 2.13. The molecule has 0 bridgehead atoms. The summed E-state index contributed by atoms with van der Waals surface area (Å²) in [6, 6.07) is 11.6. The van der Waals surface area contributed by atoms with E-state index < -0.39 is 0 Å². The van der Waals surface area contributed by atoms with Gasteiger partial charge in [0.15, 0.2) is 0 Å². The van der Waals surface area contributed by atoms with Crippen molar-refractivity contribution in [1.29, 1.82) is 0 Å². The first-order chi connectivity index (χ1) is 9.95. The highest BCUT2D eigenvalue weighted by molar-refractivity contribution is 9.10. The standard InChI is InChI=1S/C16H16BrClN2O/c1-10-3-5-14(8-16(10)20-11(2)21)19-9-12-7-13(17)4-6-15(12)18/h3-8,19H,9H2,1-2H3,(H,20,21). The number of hydrogen-bond donors (Lipinski definition) is 2. The van der Waals surface area contributed by atoms with Crippen LogP contribution in [0.25, 0.3) is 0 Å². The van der Waals surface area contributed by atoms with Gasteiger partial charge in [-0.05, 0) is 48.4 Å². The average Bonchev–Trinajstić information content (AvgIpc) is 2.42. The lowest BCUT2D eigenvalue weighted by molar-refractivity contribution is -0.114. The lowest BCUT2D eigenvalue weighted by Gasteiger charge is -2.12. The zero-order valence-electron chi connectivity index (χ0n) is 11.8. The summed E-state index contributed by atoms with van der Waals surface area (Å²) >= 11 is 9.61. The number of carbonyl (C=O) groups is 1. The molecule has 2 rings (SSSR count). The molecule has 0 saturated heterocycles. The van der Waals surface area contributed by atoms with Gasteiger partial charge in [0.05, 0.1) is 0 Å². The van der Waals surface area contributed by atoms with E-state index in [9.17, 15) is 4.79 Å². The maximum Gasteiger partial charge on any atom is 0.221 e. The Labute approximate surface area is 137 Å². The van der Waals surface area contributed by atoms with E-state index in [1.165, 1.54) is 6.92 Å². The molecule has 0 aromatic heterocycles. The van der Waals surface area contributed by atoms with Gasteiger partial charge in [0.2, 0.25) is 5.91 Å². The number of carbonyl (C=O) groups excluding carboxylic acids is 1. The number of benzene rings is 2. The van der Waals surface area contributed by atoms with Crippen molar-refractivity contribution in [2.24, 2.45) is 0 Å². The topological polar surface area (TPSA) is 41.1 Å². The van der Waals surface area contributed by atoms with Crippen molar-refractivity contribution >= 4 is 44.8 Å². The Morgan fingerprint density at radius 1 is 1.24 bits per heavy atom. The smallest absolute Gasteiger partial charge is 0.221 e. The number of amides is 1. The summed E-state index contributed by atoms with van der Waals surface area (Å²) in [4.78, 5) is 11.2. The van der Waals surface area contributed by atoms with Gasteiger partial charge in [-0.3, -0.25) is 4.79 Å². The second-order valence-corrected chi connectivity index (χ2v) is 6.12. The van der Waals surface area contributed by atoms with E-state index in [1.807, 2.05) is 43.3 Å². The van der Waals surface area contributed by atoms with Crippen molar-refractivity contribution in [2.75, 3.05) is 10.6 Å². The van der Waals surface area contributed by atoms with Crippen molar-refractivity contribution in [3.05, 3.63) is 57.0 Å². The number of rotatable bonds is 4. The van der Waals surface area contributed by atoms with Crippen LogP contribution in [0.3, 0.4) is 0 Å². The molecule has 0 spiro atoms. The molecule has 0 aliphatic carbocycles. The lowest BCUT2D eigenvalue weighted by atomic mass is 10.1. The fourth-order valence-electron chi connectivity index (χ4n) is 1.93. The van der Waals surface area contributed by atoms with Crippen LogP contribution < -0.4 is 10.6 Å². The molecule has 0 radical (unpaired) electrons. The molecule has 1 amide bonds. The van der Waals surface area contributed by atoms with Crippen LogP contribution in [0.15, 0.2) is 40.9 Å². The van der Waals surface area contributed by atoms with E-state index in [4.69, 9.17) is 11.6 Å². The van der Waals surface area contributed by atoms with Crippen molar-refractivity contribution in [2.45, 2.75) is 20.4 Å². The molecule has 0 atom stereocenters. The van der Waals surface area contributed by atoms with E-state index >= 15 is 0 Å². The Morgan fingerprint density at radius 3 is 2.71 bits per heavy atom. The Morgan fingerprint density at radius 2 is 2.00 bits per heavy atom. The summed E-state index contributed by atoms with van der Waals surface area (Å²) in [5.74, 6) is -0.0784. The SMILES string of the molecule is CC(=O)Nc1cc(NCc2cc(Br)ccc2Cl)ccc1C. The van der Waals surface area contributed by atoms with Crippen LogP contribution in [-0.2, 0) is 11.3 Å². The molecule has 5 heteroatoms. The Hall–Kier alpha value is -1.52. The summed E-state index contributed by atoms with van der Waals surface area (Å²) in [7, 11) is 0. The van der Waals surface area contributed by atoms with Gasteiger partial charge in [-0.15, -0.1) is 0 Å². The van der Waals surface area contributed by atoms with Gasteiger partial charge in [-0.2, -0.15) is 0 Å². The van der Waals surface area contributed by atoms with E-state index in [0.717, 1.165) is 32.0 Å². The van der Waals surface area contributed by atoms with E-state index in [0.29, 0.717) is 6.54 Å². The highest BCUT2D eigenvalue weighted by atomic mass is 79.9. The van der Waals surface area contributed by atoms with Crippen LogP contribution >= 0.6 is 27.5 Å². The highest BCUT2D eigenvalue weighted by Gasteiger charge is 2.04. The molecule has 0 unspecified atom stereocenters. The lowest BCUT2D eigenvalue weighted by Crippen LogP contribution is -2.08. The summed E-state index contributed by atoms with van der Waals surface area (Å²) < 4.78 is 0.992. The van der Waals surface area contributed by atoms with Gasteiger partial charge in [-0.25, -0.2) is 0 Å². The number of anilines is 2. The third-order valence-corrected chi connectivity index (χ3v) is 3.90. The van der Waals surface area contributed by atoms with E-state index in [2.05, 4.69) is 26.6 Å². The summed E-state index contributed by atoms with van der Waals surface area (Å²) in [5, 5.41) is 6.86. The molecule has 2 N–H and O–H groups in total. The highest BCUT2D eigenvalue weighted by Crippen LogP contribution is 2.24. The third kappa shape index (κ3) is 4.48. The first-order valence-corrected chi connectivity index (χ1v) is 7.69. The predicted molar refractivity (Wildman–Crippen MR) is 92.0 cm³/mol. The monoisotopic (exact) mass is 366 g/mol. The molecule has 110 valence electrons. The Kier molecular flexibility index (Phi) is 5.26. The quantitative estimate of drug-likeness (QED) is 0.800. The maximum absolute atomic E-state index is 11.2. The van der Waals surface area contributed by atoms with Gasteiger partial charge >= 0.3 is 0 Å². The minimum absolute atomic E-state index is 0.0784. The van der Waals surface area contributed by atoms with Crippen LogP contribution in [0.4, 0.5) is 11.4 Å². The maximum atomic E-state index is 11.2. The molecule has 2 aromatic rings. The summed E-state index contributed by atoms with van der Waals surface area (Å²) in [6.07, 6.45) is 0. The first kappa shape index (κ1) is 15.9. The third-order valence-electron chi connectivity index (χ3n) is 3.04.